The van der Waals surface area contributed by atoms with Gasteiger partial charge in [0.1, 0.15) is 13.2 Å². The van der Waals surface area contributed by atoms with Crippen LogP contribution < -0.4 is 5.32 Å². The smallest absolute Gasteiger partial charge is 0.407 e. The average Bonchev–Trinajstić information content (AvgIpc) is 3.37. The standard InChI is InChI=1S/C26H30N2O6/c1-26(2,3)28(14-22(29)30)24(31)23-21(12-13-33-23)27-25(32)34-15-20-18-10-6-4-8-16(18)17-9-5-7-11-19(17)20/h4-11,20-21,23H,12-15H2,1-3H3,(H,27,32)(H,29,30)/t21-,23+/m1/s1. The number of benzene rings is 2. The highest BCUT2D eigenvalue weighted by Crippen LogP contribution is 2.44. The number of carbonyl (C=O) groups excluding carboxylic acids is 2. The number of hydrogen-bond acceptors (Lipinski definition) is 5. The Hall–Kier alpha value is -3.39. The molecule has 2 aromatic rings. The second kappa shape index (κ2) is 9.46. The molecule has 180 valence electrons. The van der Waals surface area contributed by atoms with Crippen LogP contribution in [0.15, 0.2) is 48.5 Å². The lowest BCUT2D eigenvalue weighted by atomic mass is 9.98. The van der Waals surface area contributed by atoms with Crippen molar-refractivity contribution in [1.82, 2.24) is 10.2 Å². The predicted molar refractivity (Wildman–Crippen MR) is 125 cm³/mol. The van der Waals surface area contributed by atoms with E-state index in [-0.39, 0.29) is 19.1 Å². The van der Waals surface area contributed by atoms with Crippen molar-refractivity contribution >= 4 is 18.0 Å². The van der Waals surface area contributed by atoms with Crippen LogP contribution in [0.2, 0.25) is 0 Å². The van der Waals surface area contributed by atoms with E-state index >= 15 is 0 Å². The summed E-state index contributed by atoms with van der Waals surface area (Å²) in [6.07, 6.45) is -1.15. The molecule has 1 aliphatic heterocycles. The molecule has 0 radical (unpaired) electrons. The van der Waals surface area contributed by atoms with Crippen molar-refractivity contribution in [3.05, 3.63) is 59.7 Å². The maximum atomic E-state index is 13.1. The molecule has 1 aliphatic carbocycles. The van der Waals surface area contributed by atoms with Crippen LogP contribution in [0.25, 0.3) is 11.1 Å². The van der Waals surface area contributed by atoms with E-state index in [1.807, 2.05) is 36.4 Å². The highest BCUT2D eigenvalue weighted by Gasteiger charge is 2.41. The summed E-state index contributed by atoms with van der Waals surface area (Å²) in [5.41, 5.74) is 3.80. The maximum Gasteiger partial charge on any atom is 0.407 e. The molecule has 8 nitrogen and oxygen atoms in total. The average molecular weight is 467 g/mol. The first kappa shape index (κ1) is 23.8. The van der Waals surface area contributed by atoms with Gasteiger partial charge in [-0.1, -0.05) is 48.5 Å². The van der Waals surface area contributed by atoms with Crippen LogP contribution in [0.5, 0.6) is 0 Å². The fraction of sp³-hybridized carbons (Fsp3) is 0.423. The van der Waals surface area contributed by atoms with E-state index in [0.29, 0.717) is 6.42 Å². The number of amides is 2. The van der Waals surface area contributed by atoms with Crippen molar-refractivity contribution in [3.8, 4) is 11.1 Å². The molecule has 0 bridgehead atoms. The number of ether oxygens (including phenoxy) is 2. The normalized spacial score (nSPS) is 19.3. The Morgan fingerprint density at radius 3 is 2.21 bits per heavy atom. The van der Waals surface area contributed by atoms with E-state index in [2.05, 4.69) is 17.4 Å². The lowest BCUT2D eigenvalue weighted by Gasteiger charge is -2.36. The molecular weight excluding hydrogens is 436 g/mol. The molecule has 2 atom stereocenters. The fourth-order valence-electron chi connectivity index (χ4n) is 4.71. The summed E-state index contributed by atoms with van der Waals surface area (Å²) in [5.74, 6) is -1.64. The lowest BCUT2D eigenvalue weighted by Crippen LogP contribution is -2.56. The van der Waals surface area contributed by atoms with Crippen LogP contribution >= 0.6 is 0 Å². The highest BCUT2D eigenvalue weighted by molar-refractivity contribution is 5.87. The van der Waals surface area contributed by atoms with E-state index in [1.165, 1.54) is 4.90 Å². The van der Waals surface area contributed by atoms with Gasteiger partial charge in [0, 0.05) is 18.1 Å². The van der Waals surface area contributed by atoms with Gasteiger partial charge in [0.2, 0.25) is 0 Å². The van der Waals surface area contributed by atoms with Gasteiger partial charge >= 0.3 is 12.1 Å². The minimum Gasteiger partial charge on any atom is -0.480 e. The van der Waals surface area contributed by atoms with Gasteiger partial charge in [-0.15, -0.1) is 0 Å². The van der Waals surface area contributed by atoms with Gasteiger partial charge in [-0.25, -0.2) is 4.79 Å². The molecule has 0 saturated carbocycles. The van der Waals surface area contributed by atoms with Crippen LogP contribution in [0, 0.1) is 0 Å². The molecule has 0 aromatic heterocycles. The summed E-state index contributed by atoms with van der Waals surface area (Å²) in [4.78, 5) is 38.3. The Balaban J connectivity index is 1.41. The number of carbonyl (C=O) groups is 3. The number of hydrogen-bond donors (Lipinski definition) is 2. The molecule has 1 fully saturated rings. The van der Waals surface area contributed by atoms with Gasteiger partial charge in [-0.2, -0.15) is 0 Å². The third-order valence-corrected chi connectivity index (χ3v) is 6.35. The molecule has 1 heterocycles. The Kier molecular flexibility index (Phi) is 6.61. The SMILES string of the molecule is CC(C)(C)N(CC(=O)O)C(=O)[C@H]1OCC[C@H]1NC(=O)OCC1c2ccccc2-c2ccccc21. The van der Waals surface area contributed by atoms with Gasteiger partial charge in [0.15, 0.2) is 6.10 Å². The molecule has 2 amide bonds. The lowest BCUT2D eigenvalue weighted by molar-refractivity contribution is -0.154. The zero-order chi connectivity index (χ0) is 24.5. The second-order valence-electron chi connectivity index (χ2n) is 9.65. The van der Waals surface area contributed by atoms with Gasteiger partial charge in [-0.3, -0.25) is 9.59 Å². The van der Waals surface area contributed by atoms with Crippen molar-refractivity contribution in [2.75, 3.05) is 19.8 Å². The summed E-state index contributed by atoms with van der Waals surface area (Å²) in [7, 11) is 0. The van der Waals surface area contributed by atoms with Gasteiger partial charge < -0.3 is 24.8 Å². The second-order valence-corrected chi connectivity index (χ2v) is 9.65. The van der Waals surface area contributed by atoms with Crippen molar-refractivity contribution < 1.29 is 29.0 Å². The number of nitrogens with zero attached hydrogens (tertiary/aromatic N) is 1. The van der Waals surface area contributed by atoms with Gasteiger partial charge in [0.25, 0.3) is 5.91 Å². The molecule has 8 heteroatoms. The summed E-state index contributed by atoms with van der Waals surface area (Å²) >= 11 is 0. The molecule has 34 heavy (non-hydrogen) atoms. The minimum atomic E-state index is -1.11. The maximum absolute atomic E-state index is 13.1. The van der Waals surface area contributed by atoms with Crippen molar-refractivity contribution in [3.63, 3.8) is 0 Å². The number of aliphatic carboxylic acids is 1. The molecule has 2 aromatic carbocycles. The molecule has 0 unspecified atom stereocenters. The zero-order valence-electron chi connectivity index (χ0n) is 19.6. The molecule has 2 N–H and O–H groups in total. The number of fused-ring (bicyclic) bond motifs is 3. The molecule has 1 saturated heterocycles. The Bertz CT molecular complexity index is 1050. The summed E-state index contributed by atoms with van der Waals surface area (Å²) < 4.78 is 11.2. The van der Waals surface area contributed by atoms with Gasteiger partial charge in [-0.05, 0) is 49.4 Å². The van der Waals surface area contributed by atoms with Crippen molar-refractivity contribution in [2.45, 2.75) is 50.8 Å². The quantitative estimate of drug-likeness (QED) is 0.676. The number of carboxylic acid groups (broad SMARTS) is 1. The van der Waals surface area contributed by atoms with E-state index in [0.717, 1.165) is 22.3 Å². The summed E-state index contributed by atoms with van der Waals surface area (Å²) in [5, 5.41) is 12.0. The molecule has 0 spiro atoms. The van der Waals surface area contributed by atoms with E-state index in [9.17, 15) is 19.5 Å². The van der Waals surface area contributed by atoms with Crippen LogP contribution in [-0.4, -0.2) is 65.4 Å². The topological polar surface area (TPSA) is 105 Å². The number of rotatable bonds is 6. The molecule has 4 rings (SSSR count). The summed E-state index contributed by atoms with van der Waals surface area (Å²) in [6, 6.07) is 15.6. The van der Waals surface area contributed by atoms with Gasteiger partial charge in [0.05, 0.1) is 6.04 Å². The third-order valence-electron chi connectivity index (χ3n) is 6.35. The first-order valence-electron chi connectivity index (χ1n) is 11.4. The highest BCUT2D eigenvalue weighted by atomic mass is 16.6. The van der Waals surface area contributed by atoms with Crippen molar-refractivity contribution in [2.24, 2.45) is 0 Å². The number of nitrogens with one attached hydrogen (secondary N) is 1. The summed E-state index contributed by atoms with van der Waals surface area (Å²) in [6.45, 7) is 5.29. The van der Waals surface area contributed by atoms with Crippen LogP contribution in [0.1, 0.15) is 44.2 Å². The van der Waals surface area contributed by atoms with Crippen molar-refractivity contribution in [1.29, 1.82) is 0 Å². The Morgan fingerprint density at radius 1 is 1.06 bits per heavy atom. The van der Waals surface area contributed by atoms with Crippen LogP contribution in [0.3, 0.4) is 0 Å². The minimum absolute atomic E-state index is 0.0673. The molecular formula is C26H30N2O6. The fourth-order valence-corrected chi connectivity index (χ4v) is 4.71. The van der Waals surface area contributed by atoms with E-state index < -0.39 is 42.2 Å². The van der Waals surface area contributed by atoms with Crippen LogP contribution in [-0.2, 0) is 19.1 Å². The first-order valence-corrected chi connectivity index (χ1v) is 11.4. The Labute approximate surface area is 198 Å². The Morgan fingerprint density at radius 2 is 1.65 bits per heavy atom. The number of alkyl carbamates (subject to hydrolysis) is 1. The van der Waals surface area contributed by atoms with E-state index in [1.54, 1.807) is 20.8 Å². The third kappa shape index (κ3) is 4.77. The first-order chi connectivity index (χ1) is 16.2. The number of carboxylic acids is 1. The monoisotopic (exact) mass is 466 g/mol. The zero-order valence-corrected chi connectivity index (χ0v) is 19.6. The van der Waals surface area contributed by atoms with E-state index in [4.69, 9.17) is 9.47 Å². The predicted octanol–water partition coefficient (Wildman–Crippen LogP) is 3.39. The van der Waals surface area contributed by atoms with Crippen LogP contribution in [0.4, 0.5) is 4.79 Å². The molecule has 2 aliphatic rings. The largest absolute Gasteiger partial charge is 0.480 e.